The van der Waals surface area contributed by atoms with Gasteiger partial charge in [-0.05, 0) is 38.0 Å². The van der Waals surface area contributed by atoms with Crippen LogP contribution in [0.25, 0.3) is 11.4 Å². The van der Waals surface area contributed by atoms with Gasteiger partial charge in [-0.25, -0.2) is 9.97 Å². The molecule has 0 radical (unpaired) electrons. The second kappa shape index (κ2) is 7.76. The molecule has 1 fully saturated rings. The summed E-state index contributed by atoms with van der Waals surface area (Å²) in [5.74, 6) is 1.42. The van der Waals surface area contributed by atoms with Crippen LogP contribution in [-0.2, 0) is 11.3 Å². The van der Waals surface area contributed by atoms with Crippen LogP contribution in [0.5, 0.6) is 0 Å². The number of rotatable bonds is 5. The number of hydrogen-bond donors (Lipinski definition) is 1. The van der Waals surface area contributed by atoms with Crippen molar-refractivity contribution in [2.24, 2.45) is 0 Å². The predicted octanol–water partition coefficient (Wildman–Crippen LogP) is 3.37. The van der Waals surface area contributed by atoms with Crippen molar-refractivity contribution in [3.8, 4) is 11.4 Å². The Morgan fingerprint density at radius 2 is 1.82 bits per heavy atom. The molecule has 1 saturated heterocycles. The molecule has 3 aromatic rings. The zero-order valence-corrected chi connectivity index (χ0v) is 16.1. The highest BCUT2D eigenvalue weighted by molar-refractivity contribution is 5.86. The van der Waals surface area contributed by atoms with Gasteiger partial charge in [0.25, 0.3) is 0 Å². The molecule has 1 unspecified atom stereocenters. The normalized spacial score (nSPS) is 16.4. The summed E-state index contributed by atoms with van der Waals surface area (Å²) in [6, 6.07) is 13.7. The molecule has 4 rings (SSSR count). The number of benzene rings is 1. The number of carbonyl (C=O) groups is 1. The van der Waals surface area contributed by atoms with E-state index in [1.165, 1.54) is 5.56 Å². The van der Waals surface area contributed by atoms with Crippen molar-refractivity contribution in [1.29, 1.82) is 0 Å². The van der Waals surface area contributed by atoms with Gasteiger partial charge in [-0.3, -0.25) is 9.78 Å². The van der Waals surface area contributed by atoms with Gasteiger partial charge >= 0.3 is 0 Å². The van der Waals surface area contributed by atoms with Crippen LogP contribution in [0, 0.1) is 13.8 Å². The van der Waals surface area contributed by atoms with Crippen LogP contribution in [0.1, 0.15) is 23.2 Å². The van der Waals surface area contributed by atoms with Crippen molar-refractivity contribution in [3.05, 3.63) is 71.7 Å². The Labute approximate surface area is 164 Å². The molecule has 28 heavy (non-hydrogen) atoms. The molecule has 142 valence electrons. The van der Waals surface area contributed by atoms with Gasteiger partial charge < -0.3 is 10.2 Å². The molecule has 2 aromatic heterocycles. The van der Waals surface area contributed by atoms with Gasteiger partial charge in [0.1, 0.15) is 11.9 Å². The van der Waals surface area contributed by atoms with Gasteiger partial charge in [0, 0.05) is 42.8 Å². The standard InChI is InChI=1S/C22H23N5O/c1-15-3-5-17(6-4-15)14-27-12-9-19(22(27)28)25-20-13-16(2)24-21(26-20)18-7-10-23-11-8-18/h3-8,10-11,13,19H,9,12,14H2,1-2H3,(H,24,25,26). The molecule has 0 spiro atoms. The molecule has 6 heteroatoms. The van der Waals surface area contributed by atoms with Crippen LogP contribution < -0.4 is 5.32 Å². The number of nitrogens with one attached hydrogen (secondary N) is 1. The summed E-state index contributed by atoms with van der Waals surface area (Å²) < 4.78 is 0. The minimum Gasteiger partial charge on any atom is -0.358 e. The Hall–Kier alpha value is -3.28. The van der Waals surface area contributed by atoms with Crippen molar-refractivity contribution < 1.29 is 4.79 Å². The first-order valence-corrected chi connectivity index (χ1v) is 9.45. The number of pyridine rings is 1. The average molecular weight is 373 g/mol. The number of nitrogens with zero attached hydrogens (tertiary/aromatic N) is 4. The zero-order valence-electron chi connectivity index (χ0n) is 16.1. The van der Waals surface area contributed by atoms with Crippen LogP contribution in [0.2, 0.25) is 0 Å². The Kier molecular flexibility index (Phi) is 5.02. The molecule has 1 amide bonds. The molecule has 1 aliphatic rings. The second-order valence-corrected chi connectivity index (χ2v) is 7.19. The van der Waals surface area contributed by atoms with Crippen LogP contribution in [-0.4, -0.2) is 38.3 Å². The maximum absolute atomic E-state index is 12.8. The molecule has 0 saturated carbocycles. The number of anilines is 1. The van der Waals surface area contributed by atoms with E-state index in [4.69, 9.17) is 0 Å². The lowest BCUT2D eigenvalue weighted by Crippen LogP contribution is -2.33. The van der Waals surface area contributed by atoms with Crippen LogP contribution >= 0.6 is 0 Å². The van der Waals surface area contributed by atoms with Gasteiger partial charge in [-0.2, -0.15) is 0 Å². The number of amides is 1. The van der Waals surface area contributed by atoms with E-state index >= 15 is 0 Å². The predicted molar refractivity (Wildman–Crippen MR) is 109 cm³/mol. The third kappa shape index (κ3) is 4.01. The Morgan fingerprint density at radius 1 is 1.07 bits per heavy atom. The van der Waals surface area contributed by atoms with E-state index in [9.17, 15) is 4.79 Å². The topological polar surface area (TPSA) is 71.0 Å². The lowest BCUT2D eigenvalue weighted by molar-refractivity contribution is -0.128. The van der Waals surface area contributed by atoms with Crippen molar-refractivity contribution >= 4 is 11.7 Å². The second-order valence-electron chi connectivity index (χ2n) is 7.19. The summed E-state index contributed by atoms with van der Waals surface area (Å²) in [7, 11) is 0. The highest BCUT2D eigenvalue weighted by atomic mass is 16.2. The van der Waals surface area contributed by atoms with E-state index in [0.717, 1.165) is 29.8 Å². The monoisotopic (exact) mass is 373 g/mol. The lowest BCUT2D eigenvalue weighted by atomic mass is 10.1. The number of likely N-dealkylation sites (tertiary alicyclic amines) is 1. The average Bonchev–Trinajstić information content (AvgIpc) is 3.03. The van der Waals surface area contributed by atoms with Gasteiger partial charge in [-0.15, -0.1) is 0 Å². The van der Waals surface area contributed by atoms with Crippen molar-refractivity contribution in [3.63, 3.8) is 0 Å². The number of carbonyl (C=O) groups excluding carboxylic acids is 1. The highest BCUT2D eigenvalue weighted by Crippen LogP contribution is 2.21. The summed E-state index contributed by atoms with van der Waals surface area (Å²) >= 11 is 0. The fourth-order valence-electron chi connectivity index (χ4n) is 3.39. The fraction of sp³-hybridized carbons (Fsp3) is 0.273. The third-order valence-corrected chi connectivity index (χ3v) is 4.91. The van der Waals surface area contributed by atoms with Crippen LogP contribution in [0.15, 0.2) is 54.9 Å². The van der Waals surface area contributed by atoms with Gasteiger partial charge in [-0.1, -0.05) is 29.8 Å². The Bertz CT molecular complexity index is 972. The first kappa shape index (κ1) is 18.1. The van der Waals surface area contributed by atoms with Crippen molar-refractivity contribution in [1.82, 2.24) is 19.9 Å². The summed E-state index contributed by atoms with van der Waals surface area (Å²) in [4.78, 5) is 27.9. The van der Waals surface area contributed by atoms with Crippen molar-refractivity contribution in [2.45, 2.75) is 32.9 Å². The van der Waals surface area contributed by atoms with Crippen molar-refractivity contribution in [2.75, 3.05) is 11.9 Å². The molecular weight excluding hydrogens is 350 g/mol. The molecule has 6 nitrogen and oxygen atoms in total. The molecule has 1 aromatic carbocycles. The maximum atomic E-state index is 12.8. The smallest absolute Gasteiger partial charge is 0.245 e. The molecule has 3 heterocycles. The first-order chi connectivity index (χ1) is 13.6. The van der Waals surface area contributed by atoms with Crippen LogP contribution in [0.3, 0.4) is 0 Å². The number of aromatic nitrogens is 3. The minimum atomic E-state index is -0.259. The Balaban J connectivity index is 1.47. The van der Waals surface area contributed by atoms with Gasteiger partial charge in [0.05, 0.1) is 0 Å². The third-order valence-electron chi connectivity index (χ3n) is 4.91. The Morgan fingerprint density at radius 3 is 2.57 bits per heavy atom. The highest BCUT2D eigenvalue weighted by Gasteiger charge is 2.31. The van der Waals surface area contributed by atoms with E-state index in [0.29, 0.717) is 18.2 Å². The van der Waals surface area contributed by atoms with E-state index in [1.807, 2.05) is 30.0 Å². The summed E-state index contributed by atoms with van der Waals surface area (Å²) in [5, 5.41) is 3.31. The van der Waals surface area contributed by atoms with E-state index in [1.54, 1.807) is 12.4 Å². The summed E-state index contributed by atoms with van der Waals surface area (Å²) in [5.41, 5.74) is 4.13. The van der Waals surface area contributed by atoms with E-state index < -0.39 is 0 Å². The summed E-state index contributed by atoms with van der Waals surface area (Å²) in [6.07, 6.45) is 4.20. The SMILES string of the molecule is Cc1ccc(CN2CCC(Nc3cc(C)nc(-c4ccncc4)n3)C2=O)cc1. The molecule has 1 aliphatic heterocycles. The van der Waals surface area contributed by atoms with Gasteiger partial charge in [0.2, 0.25) is 5.91 Å². The minimum absolute atomic E-state index is 0.113. The molecule has 1 N–H and O–H groups in total. The van der Waals surface area contributed by atoms with Gasteiger partial charge in [0.15, 0.2) is 5.82 Å². The molecule has 0 bridgehead atoms. The molecular formula is C22H23N5O. The maximum Gasteiger partial charge on any atom is 0.245 e. The summed E-state index contributed by atoms with van der Waals surface area (Å²) in [6.45, 7) is 5.38. The number of hydrogen-bond acceptors (Lipinski definition) is 5. The van der Waals surface area contributed by atoms with Crippen LogP contribution in [0.4, 0.5) is 5.82 Å². The first-order valence-electron chi connectivity index (χ1n) is 9.45. The molecule has 1 atom stereocenters. The van der Waals surface area contributed by atoms with E-state index in [2.05, 4.69) is 51.5 Å². The number of aryl methyl sites for hydroxylation is 2. The zero-order chi connectivity index (χ0) is 19.5. The quantitative estimate of drug-likeness (QED) is 0.742. The fourth-order valence-corrected chi connectivity index (χ4v) is 3.39. The lowest BCUT2D eigenvalue weighted by Gasteiger charge is -2.18. The largest absolute Gasteiger partial charge is 0.358 e. The molecule has 0 aliphatic carbocycles. The van der Waals surface area contributed by atoms with E-state index in [-0.39, 0.29) is 11.9 Å².